The molecule has 3 aliphatic heterocycles. The number of piperidine rings is 2. The minimum Gasteiger partial charge on any atom is -0.356 e. The maximum Gasteiger partial charge on any atom is 0.253 e. The van der Waals surface area contributed by atoms with Crippen molar-refractivity contribution in [3.63, 3.8) is 0 Å². The molecule has 1 unspecified atom stereocenters. The molecule has 2 aromatic rings. The fourth-order valence-corrected chi connectivity index (χ4v) is 5.77. The zero-order chi connectivity index (χ0) is 24.0. The minimum atomic E-state index is -0.362. The van der Waals surface area contributed by atoms with Crippen LogP contribution in [0.5, 0.6) is 0 Å². The predicted molar refractivity (Wildman–Crippen MR) is 136 cm³/mol. The van der Waals surface area contributed by atoms with E-state index in [0.717, 1.165) is 76.7 Å². The Morgan fingerprint density at radius 1 is 0.943 bits per heavy atom. The summed E-state index contributed by atoms with van der Waals surface area (Å²) in [7, 11) is 0. The maximum atomic E-state index is 13.5. The van der Waals surface area contributed by atoms with Crippen LogP contribution in [0, 0.1) is 5.82 Å². The van der Waals surface area contributed by atoms with Gasteiger partial charge >= 0.3 is 0 Å². The van der Waals surface area contributed by atoms with Gasteiger partial charge in [-0.3, -0.25) is 9.69 Å². The van der Waals surface area contributed by atoms with Crippen LogP contribution in [-0.2, 0) is 0 Å². The molecule has 7 nitrogen and oxygen atoms in total. The van der Waals surface area contributed by atoms with E-state index in [0.29, 0.717) is 17.6 Å². The molecule has 3 fully saturated rings. The van der Waals surface area contributed by atoms with Crippen LogP contribution in [0.1, 0.15) is 61.7 Å². The first-order valence-corrected chi connectivity index (χ1v) is 13.3. The van der Waals surface area contributed by atoms with Crippen molar-refractivity contribution >= 4 is 17.7 Å². The van der Waals surface area contributed by atoms with Crippen LogP contribution >= 0.6 is 0 Å². The van der Waals surface area contributed by atoms with Crippen LogP contribution in [0.25, 0.3) is 0 Å². The average Bonchev–Trinajstić information content (AvgIpc) is 3.19. The van der Waals surface area contributed by atoms with E-state index in [1.54, 1.807) is 12.1 Å². The van der Waals surface area contributed by atoms with Gasteiger partial charge in [0.25, 0.3) is 5.91 Å². The van der Waals surface area contributed by atoms with Crippen LogP contribution < -0.4 is 10.2 Å². The lowest BCUT2D eigenvalue weighted by molar-refractivity contribution is 0.0579. The fraction of sp³-hybridized carbons (Fsp3) is 0.593. The highest BCUT2D eigenvalue weighted by molar-refractivity contribution is 5.94. The van der Waals surface area contributed by atoms with E-state index in [1.807, 2.05) is 17.2 Å². The second-order valence-electron chi connectivity index (χ2n) is 10.2. The topological polar surface area (TPSA) is 64.6 Å². The molecule has 5 rings (SSSR count). The molecule has 1 atom stereocenters. The number of likely N-dealkylation sites (tertiary alicyclic amines) is 2. The Morgan fingerprint density at radius 2 is 1.74 bits per heavy atom. The Bertz CT molecular complexity index is 987. The molecule has 3 saturated heterocycles. The van der Waals surface area contributed by atoms with E-state index >= 15 is 0 Å². The highest BCUT2D eigenvalue weighted by Crippen LogP contribution is 2.24. The first kappa shape index (κ1) is 24.0. The molecule has 0 saturated carbocycles. The van der Waals surface area contributed by atoms with Crippen molar-refractivity contribution in [3.8, 4) is 0 Å². The van der Waals surface area contributed by atoms with Crippen molar-refractivity contribution in [2.24, 2.45) is 0 Å². The molecule has 1 amide bonds. The molecule has 1 aromatic carbocycles. The predicted octanol–water partition coefficient (Wildman–Crippen LogP) is 4.18. The third-order valence-electron chi connectivity index (χ3n) is 7.70. The van der Waals surface area contributed by atoms with Crippen LogP contribution in [-0.4, -0.2) is 77.0 Å². The van der Waals surface area contributed by atoms with Gasteiger partial charge in [-0.1, -0.05) is 18.9 Å². The lowest BCUT2D eigenvalue weighted by atomic mass is 9.97. The number of hydrogen-bond donors (Lipinski definition) is 1. The number of rotatable bonds is 5. The van der Waals surface area contributed by atoms with Gasteiger partial charge in [-0.2, -0.15) is 4.98 Å². The molecule has 35 heavy (non-hydrogen) atoms. The summed E-state index contributed by atoms with van der Waals surface area (Å²) in [6.45, 7) is 5.66. The Hall–Kier alpha value is -2.74. The third-order valence-corrected chi connectivity index (χ3v) is 7.70. The summed E-state index contributed by atoms with van der Waals surface area (Å²) < 4.78 is 13.5. The fourth-order valence-electron chi connectivity index (χ4n) is 5.77. The summed E-state index contributed by atoms with van der Waals surface area (Å²) in [4.78, 5) is 29.0. The third kappa shape index (κ3) is 6.10. The van der Waals surface area contributed by atoms with Crippen molar-refractivity contribution < 1.29 is 9.18 Å². The second-order valence-corrected chi connectivity index (χ2v) is 10.2. The van der Waals surface area contributed by atoms with Gasteiger partial charge in [0.1, 0.15) is 11.6 Å². The van der Waals surface area contributed by atoms with Gasteiger partial charge in [0.15, 0.2) is 0 Å². The average molecular weight is 481 g/mol. The van der Waals surface area contributed by atoms with Crippen LogP contribution in [0.4, 0.5) is 16.2 Å². The molecular weight excluding hydrogens is 443 g/mol. The van der Waals surface area contributed by atoms with E-state index in [4.69, 9.17) is 4.98 Å². The maximum absolute atomic E-state index is 13.5. The first-order chi connectivity index (χ1) is 17.2. The number of halogens is 1. The Balaban J connectivity index is 1.14. The van der Waals surface area contributed by atoms with E-state index in [2.05, 4.69) is 20.1 Å². The van der Waals surface area contributed by atoms with E-state index < -0.39 is 0 Å². The van der Waals surface area contributed by atoms with E-state index in [-0.39, 0.29) is 11.7 Å². The second kappa shape index (κ2) is 11.3. The standard InChI is InChI=1S/C27H37FN6O/c28-22-8-5-7-21(19-22)26(35)33-17-11-24(12-18-33)34-16-6-9-23(20-34)30-27-29-13-10-25(31-27)32-14-3-1-2-4-15-32/h5,7-8,10,13,19,23-24H,1-4,6,9,11-12,14-18,20H2,(H,29,30,31). The lowest BCUT2D eigenvalue weighted by Gasteiger charge is -2.42. The van der Waals surface area contributed by atoms with Gasteiger partial charge in [0.05, 0.1) is 0 Å². The van der Waals surface area contributed by atoms with Gasteiger partial charge in [0.2, 0.25) is 5.95 Å². The van der Waals surface area contributed by atoms with Gasteiger partial charge in [-0.05, 0) is 69.3 Å². The zero-order valence-electron chi connectivity index (χ0n) is 20.5. The number of nitrogens with zero attached hydrogens (tertiary/aromatic N) is 5. The van der Waals surface area contributed by atoms with Crippen molar-refractivity contribution in [1.82, 2.24) is 19.8 Å². The van der Waals surface area contributed by atoms with E-state index in [9.17, 15) is 9.18 Å². The number of anilines is 2. The molecule has 1 N–H and O–H groups in total. The number of nitrogens with one attached hydrogen (secondary N) is 1. The first-order valence-electron chi connectivity index (χ1n) is 13.3. The molecule has 0 bridgehead atoms. The van der Waals surface area contributed by atoms with Crippen molar-refractivity contribution in [3.05, 3.63) is 47.9 Å². The molecule has 3 aliphatic rings. The van der Waals surface area contributed by atoms with Crippen molar-refractivity contribution in [2.45, 2.75) is 63.5 Å². The minimum absolute atomic E-state index is 0.0671. The summed E-state index contributed by atoms with van der Waals surface area (Å²) in [5.41, 5.74) is 0.438. The largest absolute Gasteiger partial charge is 0.356 e. The number of aromatic nitrogens is 2. The van der Waals surface area contributed by atoms with Crippen LogP contribution in [0.2, 0.25) is 0 Å². The Labute approximate surface area is 207 Å². The quantitative estimate of drug-likeness (QED) is 0.693. The molecule has 0 aliphatic carbocycles. The highest BCUT2D eigenvalue weighted by atomic mass is 19.1. The summed E-state index contributed by atoms with van der Waals surface area (Å²) in [5.74, 6) is 1.34. The number of benzene rings is 1. The van der Waals surface area contributed by atoms with Gasteiger partial charge in [-0.15, -0.1) is 0 Å². The zero-order valence-corrected chi connectivity index (χ0v) is 20.5. The molecule has 4 heterocycles. The summed E-state index contributed by atoms with van der Waals surface area (Å²) >= 11 is 0. The molecular formula is C27H37FN6O. The van der Waals surface area contributed by atoms with Gasteiger partial charge < -0.3 is 15.1 Å². The number of carbonyl (C=O) groups is 1. The number of carbonyl (C=O) groups excluding carboxylic acids is 1. The monoisotopic (exact) mass is 480 g/mol. The Morgan fingerprint density at radius 3 is 2.51 bits per heavy atom. The van der Waals surface area contributed by atoms with Gasteiger partial charge in [-0.25, -0.2) is 9.37 Å². The van der Waals surface area contributed by atoms with Crippen LogP contribution in [0.15, 0.2) is 36.5 Å². The van der Waals surface area contributed by atoms with Crippen molar-refractivity contribution in [2.75, 3.05) is 49.5 Å². The van der Waals surface area contributed by atoms with E-state index in [1.165, 1.54) is 37.8 Å². The SMILES string of the molecule is O=C(c1cccc(F)c1)N1CCC(N2CCCC(Nc3nccc(N4CCCCCC4)n3)C2)CC1. The smallest absolute Gasteiger partial charge is 0.253 e. The molecule has 188 valence electrons. The molecule has 8 heteroatoms. The summed E-state index contributed by atoms with van der Waals surface area (Å²) in [6, 6.07) is 8.84. The normalized spacial score (nSPS) is 22.6. The Kier molecular flexibility index (Phi) is 7.76. The molecule has 0 spiro atoms. The highest BCUT2D eigenvalue weighted by Gasteiger charge is 2.31. The molecule has 0 radical (unpaired) electrons. The summed E-state index contributed by atoms with van der Waals surface area (Å²) in [5, 5.41) is 3.61. The molecule has 1 aromatic heterocycles. The summed E-state index contributed by atoms with van der Waals surface area (Å²) in [6.07, 6.45) is 11.1. The van der Waals surface area contributed by atoms with Crippen LogP contribution in [0.3, 0.4) is 0 Å². The van der Waals surface area contributed by atoms with Crippen molar-refractivity contribution in [1.29, 1.82) is 0 Å². The lowest BCUT2D eigenvalue weighted by Crippen LogP contribution is -2.52. The number of hydrogen-bond acceptors (Lipinski definition) is 6. The van der Waals surface area contributed by atoms with Gasteiger partial charge in [0, 0.05) is 56.6 Å². The number of amides is 1.